The van der Waals surface area contributed by atoms with Crippen LogP contribution in [0.25, 0.3) is 0 Å². The number of nitrogens with one attached hydrogen (secondary N) is 1. The van der Waals surface area contributed by atoms with Gasteiger partial charge in [-0.15, -0.1) is 0 Å². The lowest BCUT2D eigenvalue weighted by Gasteiger charge is -2.33. The third kappa shape index (κ3) is 3.85. The maximum atomic E-state index is 12.5. The fourth-order valence-corrected chi connectivity index (χ4v) is 3.45. The first kappa shape index (κ1) is 18.2. The number of hydrogen-bond donors (Lipinski definition) is 1. The highest BCUT2D eigenvalue weighted by Gasteiger charge is 2.33. The SMILES string of the molecule is CCCC(C)NC(=O)C1CCCN(c2c([N+](=O)[O-])c(C)nn2C)C1. The van der Waals surface area contributed by atoms with E-state index in [1.54, 1.807) is 18.7 Å². The molecule has 0 aromatic carbocycles. The first-order chi connectivity index (χ1) is 11.3. The first-order valence-electron chi connectivity index (χ1n) is 8.58. The number of carbonyl (C=O) groups is 1. The Morgan fingerprint density at radius 3 is 2.88 bits per heavy atom. The number of piperidine rings is 1. The molecule has 8 nitrogen and oxygen atoms in total. The van der Waals surface area contributed by atoms with E-state index in [4.69, 9.17) is 0 Å². The molecule has 1 amide bonds. The van der Waals surface area contributed by atoms with E-state index in [1.807, 2.05) is 11.8 Å². The van der Waals surface area contributed by atoms with Gasteiger partial charge < -0.3 is 10.2 Å². The van der Waals surface area contributed by atoms with Gasteiger partial charge in [0.05, 0.1) is 10.8 Å². The summed E-state index contributed by atoms with van der Waals surface area (Å²) in [5.74, 6) is 0.395. The van der Waals surface area contributed by atoms with Crippen LogP contribution in [0, 0.1) is 23.0 Å². The standard InChI is InChI=1S/C16H27N5O3/c1-5-7-11(2)17-15(22)13-8-6-9-20(10-13)16-14(21(23)24)12(3)18-19(16)4/h11,13H,5-10H2,1-4H3,(H,17,22). The minimum atomic E-state index is -0.384. The van der Waals surface area contributed by atoms with Gasteiger partial charge in [0, 0.05) is 26.2 Å². The summed E-state index contributed by atoms with van der Waals surface area (Å²) in [6, 6.07) is 0.158. The Morgan fingerprint density at radius 2 is 2.25 bits per heavy atom. The Morgan fingerprint density at radius 1 is 1.54 bits per heavy atom. The third-order valence-electron chi connectivity index (χ3n) is 4.55. The Kier molecular flexibility index (Phi) is 5.80. The summed E-state index contributed by atoms with van der Waals surface area (Å²) in [7, 11) is 1.71. The molecule has 2 heterocycles. The van der Waals surface area contributed by atoms with Gasteiger partial charge in [-0.05, 0) is 33.1 Å². The van der Waals surface area contributed by atoms with Gasteiger partial charge in [-0.25, -0.2) is 4.68 Å². The second-order valence-corrected chi connectivity index (χ2v) is 6.62. The highest BCUT2D eigenvalue weighted by atomic mass is 16.6. The molecular weight excluding hydrogens is 310 g/mol. The number of nitro groups is 1. The van der Waals surface area contributed by atoms with Crippen LogP contribution < -0.4 is 10.2 Å². The van der Waals surface area contributed by atoms with Gasteiger partial charge >= 0.3 is 5.69 Å². The van der Waals surface area contributed by atoms with Gasteiger partial charge in [-0.3, -0.25) is 14.9 Å². The molecule has 24 heavy (non-hydrogen) atoms. The van der Waals surface area contributed by atoms with Crippen molar-refractivity contribution in [3.05, 3.63) is 15.8 Å². The molecule has 0 spiro atoms. The quantitative estimate of drug-likeness (QED) is 0.634. The van der Waals surface area contributed by atoms with E-state index in [-0.39, 0.29) is 28.5 Å². The van der Waals surface area contributed by atoms with Crippen LogP contribution in [0.4, 0.5) is 11.5 Å². The Balaban J connectivity index is 2.14. The van der Waals surface area contributed by atoms with E-state index in [0.717, 1.165) is 25.7 Å². The molecule has 1 aliphatic rings. The number of amides is 1. The van der Waals surface area contributed by atoms with Gasteiger partial charge in [-0.1, -0.05) is 13.3 Å². The average Bonchev–Trinajstić information content (AvgIpc) is 2.82. The highest BCUT2D eigenvalue weighted by molar-refractivity contribution is 5.80. The molecular formula is C16H27N5O3. The van der Waals surface area contributed by atoms with Crippen molar-refractivity contribution in [2.45, 2.75) is 52.5 Å². The van der Waals surface area contributed by atoms with Crippen molar-refractivity contribution in [2.75, 3.05) is 18.0 Å². The maximum absolute atomic E-state index is 12.5. The molecule has 1 N–H and O–H groups in total. The topological polar surface area (TPSA) is 93.3 Å². The predicted molar refractivity (Wildman–Crippen MR) is 92.0 cm³/mol. The van der Waals surface area contributed by atoms with Crippen LogP contribution in [0.3, 0.4) is 0 Å². The molecule has 0 radical (unpaired) electrons. The largest absolute Gasteiger partial charge is 0.353 e. The molecule has 0 aliphatic carbocycles. The lowest BCUT2D eigenvalue weighted by molar-refractivity contribution is -0.384. The van der Waals surface area contributed by atoms with Crippen LogP contribution >= 0.6 is 0 Å². The molecule has 0 saturated carbocycles. The summed E-state index contributed by atoms with van der Waals surface area (Å²) in [5.41, 5.74) is 0.443. The van der Waals surface area contributed by atoms with Crippen LogP contribution in [-0.2, 0) is 11.8 Å². The van der Waals surface area contributed by atoms with Crippen molar-refractivity contribution in [2.24, 2.45) is 13.0 Å². The zero-order valence-corrected chi connectivity index (χ0v) is 14.9. The number of hydrogen-bond acceptors (Lipinski definition) is 5. The monoisotopic (exact) mass is 337 g/mol. The van der Waals surface area contributed by atoms with Crippen molar-refractivity contribution in [3.63, 3.8) is 0 Å². The number of rotatable bonds is 6. The molecule has 1 aromatic rings. The van der Waals surface area contributed by atoms with E-state index < -0.39 is 0 Å². The molecule has 8 heteroatoms. The minimum absolute atomic E-state index is 0.0397. The molecule has 1 aliphatic heterocycles. The second kappa shape index (κ2) is 7.63. The predicted octanol–water partition coefficient (Wildman–Crippen LogP) is 2.16. The van der Waals surface area contributed by atoms with Crippen molar-refractivity contribution < 1.29 is 9.72 Å². The maximum Gasteiger partial charge on any atom is 0.333 e. The molecule has 1 saturated heterocycles. The lowest BCUT2D eigenvalue weighted by Crippen LogP contribution is -2.46. The number of carbonyl (C=O) groups excluding carboxylic acids is 1. The van der Waals surface area contributed by atoms with Gasteiger partial charge in [0.25, 0.3) is 0 Å². The van der Waals surface area contributed by atoms with Crippen molar-refractivity contribution in [1.29, 1.82) is 0 Å². The van der Waals surface area contributed by atoms with Crippen LogP contribution in [-0.4, -0.2) is 39.7 Å². The molecule has 2 atom stereocenters. The number of aromatic nitrogens is 2. The molecule has 134 valence electrons. The first-order valence-corrected chi connectivity index (χ1v) is 8.58. The normalized spacial score (nSPS) is 19.2. The van der Waals surface area contributed by atoms with Gasteiger partial charge in [0.1, 0.15) is 5.69 Å². The smallest absolute Gasteiger partial charge is 0.333 e. The molecule has 1 fully saturated rings. The van der Waals surface area contributed by atoms with Crippen molar-refractivity contribution in [3.8, 4) is 0 Å². The molecule has 2 rings (SSSR count). The summed E-state index contributed by atoms with van der Waals surface area (Å²) in [6.45, 7) is 6.94. The van der Waals surface area contributed by atoms with Gasteiger partial charge in [0.2, 0.25) is 11.7 Å². The zero-order chi connectivity index (χ0) is 17.9. The minimum Gasteiger partial charge on any atom is -0.353 e. The van der Waals surface area contributed by atoms with Gasteiger partial charge in [0.15, 0.2) is 0 Å². The fraction of sp³-hybridized carbons (Fsp3) is 0.750. The summed E-state index contributed by atoms with van der Waals surface area (Å²) in [5, 5.41) is 18.6. The number of aryl methyl sites for hydroxylation is 2. The third-order valence-corrected chi connectivity index (χ3v) is 4.55. The molecule has 2 unspecified atom stereocenters. The van der Waals surface area contributed by atoms with E-state index in [9.17, 15) is 14.9 Å². The lowest BCUT2D eigenvalue weighted by atomic mass is 9.96. The number of anilines is 1. The zero-order valence-electron chi connectivity index (χ0n) is 14.9. The van der Waals surface area contributed by atoms with Crippen molar-refractivity contribution >= 4 is 17.4 Å². The Bertz CT molecular complexity index is 613. The van der Waals surface area contributed by atoms with E-state index >= 15 is 0 Å². The van der Waals surface area contributed by atoms with Crippen LogP contribution in [0.5, 0.6) is 0 Å². The average molecular weight is 337 g/mol. The van der Waals surface area contributed by atoms with Gasteiger partial charge in [-0.2, -0.15) is 5.10 Å². The second-order valence-electron chi connectivity index (χ2n) is 6.62. The van der Waals surface area contributed by atoms with E-state index in [2.05, 4.69) is 17.3 Å². The molecule has 0 bridgehead atoms. The van der Waals surface area contributed by atoms with Crippen LogP contribution in [0.2, 0.25) is 0 Å². The van der Waals surface area contributed by atoms with Crippen LogP contribution in [0.15, 0.2) is 0 Å². The summed E-state index contributed by atoms with van der Waals surface area (Å²) in [6.07, 6.45) is 3.63. The highest BCUT2D eigenvalue weighted by Crippen LogP contribution is 2.33. The fourth-order valence-electron chi connectivity index (χ4n) is 3.45. The van der Waals surface area contributed by atoms with E-state index in [1.165, 1.54) is 0 Å². The van der Waals surface area contributed by atoms with E-state index in [0.29, 0.717) is 24.6 Å². The summed E-state index contributed by atoms with van der Waals surface area (Å²) >= 11 is 0. The Hall–Kier alpha value is -2.12. The summed E-state index contributed by atoms with van der Waals surface area (Å²) in [4.78, 5) is 25.4. The van der Waals surface area contributed by atoms with Crippen molar-refractivity contribution in [1.82, 2.24) is 15.1 Å². The molecule has 1 aromatic heterocycles. The Labute approximate surface area is 142 Å². The summed E-state index contributed by atoms with van der Waals surface area (Å²) < 4.78 is 1.55. The van der Waals surface area contributed by atoms with Crippen LogP contribution in [0.1, 0.15) is 45.2 Å². The number of nitrogens with zero attached hydrogens (tertiary/aromatic N) is 4.